The van der Waals surface area contributed by atoms with Crippen LogP contribution in [-0.2, 0) is 0 Å². The minimum absolute atomic E-state index is 0.0122. The van der Waals surface area contributed by atoms with Gasteiger partial charge in [0.15, 0.2) is 0 Å². The average Bonchev–Trinajstić information content (AvgIpc) is 2.26. The lowest BCUT2D eigenvalue weighted by Gasteiger charge is -2.32. The molecular weight excluding hydrogens is 220 g/mol. The normalized spacial score (nSPS) is 11.1. The molecule has 1 N–H and O–H groups in total. The molecule has 0 bridgehead atoms. The van der Waals surface area contributed by atoms with Gasteiger partial charge in [0.1, 0.15) is 0 Å². The van der Waals surface area contributed by atoms with Crippen LogP contribution in [0.3, 0.4) is 0 Å². The van der Waals surface area contributed by atoms with Gasteiger partial charge in [0.05, 0.1) is 11.1 Å². The molecular formula is C12H16N2O3. The van der Waals surface area contributed by atoms with E-state index in [1.54, 1.807) is 11.9 Å². The summed E-state index contributed by atoms with van der Waals surface area (Å²) in [6.45, 7) is 5.71. The van der Waals surface area contributed by atoms with Crippen molar-refractivity contribution in [2.24, 2.45) is 0 Å². The van der Waals surface area contributed by atoms with Crippen LogP contribution in [0.1, 0.15) is 41.5 Å². The summed E-state index contributed by atoms with van der Waals surface area (Å²) in [5, 5.41) is 8.82. The first-order valence-corrected chi connectivity index (χ1v) is 5.20. The lowest BCUT2D eigenvalue weighted by atomic mass is 10.1. The Bertz CT molecular complexity index is 449. The van der Waals surface area contributed by atoms with Gasteiger partial charge in [-0.2, -0.15) is 0 Å². The zero-order chi connectivity index (χ0) is 13.2. The average molecular weight is 236 g/mol. The Morgan fingerprint density at radius 1 is 1.24 bits per heavy atom. The van der Waals surface area contributed by atoms with Crippen LogP contribution in [0.4, 0.5) is 0 Å². The highest BCUT2D eigenvalue weighted by atomic mass is 16.4. The first-order chi connectivity index (χ1) is 7.73. The molecule has 1 aromatic heterocycles. The number of carboxylic acids is 1. The van der Waals surface area contributed by atoms with E-state index in [2.05, 4.69) is 4.98 Å². The summed E-state index contributed by atoms with van der Waals surface area (Å²) in [7, 11) is 1.68. The Labute approximate surface area is 100 Å². The van der Waals surface area contributed by atoms with Crippen LogP contribution in [-0.4, -0.2) is 39.5 Å². The van der Waals surface area contributed by atoms with Gasteiger partial charge in [0.25, 0.3) is 5.91 Å². The molecule has 0 aliphatic rings. The molecule has 0 saturated carbocycles. The Hall–Kier alpha value is -1.91. The standard InChI is InChI=1S/C12H16N2O3/c1-12(2,3)14(4)10(15)8-5-9(11(16)17)7-13-6-8/h5-7H,1-4H3,(H,16,17). The van der Waals surface area contributed by atoms with Gasteiger partial charge in [-0.25, -0.2) is 4.79 Å². The van der Waals surface area contributed by atoms with Gasteiger partial charge in [0.2, 0.25) is 0 Å². The molecule has 0 radical (unpaired) electrons. The van der Waals surface area contributed by atoms with Gasteiger partial charge < -0.3 is 10.0 Å². The number of hydrogen-bond donors (Lipinski definition) is 1. The van der Waals surface area contributed by atoms with Crippen molar-refractivity contribution in [1.29, 1.82) is 0 Å². The van der Waals surface area contributed by atoms with Crippen molar-refractivity contribution < 1.29 is 14.7 Å². The smallest absolute Gasteiger partial charge is 0.337 e. The van der Waals surface area contributed by atoms with Crippen LogP contribution < -0.4 is 0 Å². The van der Waals surface area contributed by atoms with Gasteiger partial charge >= 0.3 is 5.97 Å². The summed E-state index contributed by atoms with van der Waals surface area (Å²) in [5.41, 5.74) is -0.0310. The Morgan fingerprint density at radius 3 is 2.24 bits per heavy atom. The summed E-state index contributed by atoms with van der Waals surface area (Å²) in [4.78, 5) is 28.2. The summed E-state index contributed by atoms with van der Waals surface area (Å²) in [6, 6.07) is 1.33. The lowest BCUT2D eigenvalue weighted by Crippen LogP contribution is -2.42. The van der Waals surface area contributed by atoms with Crippen molar-refractivity contribution in [1.82, 2.24) is 9.88 Å². The van der Waals surface area contributed by atoms with E-state index in [1.165, 1.54) is 18.5 Å². The summed E-state index contributed by atoms with van der Waals surface area (Å²) >= 11 is 0. The van der Waals surface area contributed by atoms with Crippen LogP contribution in [0.15, 0.2) is 18.5 Å². The minimum Gasteiger partial charge on any atom is -0.478 e. The maximum absolute atomic E-state index is 12.1. The lowest BCUT2D eigenvalue weighted by molar-refractivity contribution is 0.0655. The van der Waals surface area contributed by atoms with Gasteiger partial charge in [0, 0.05) is 25.0 Å². The monoisotopic (exact) mass is 236 g/mol. The van der Waals surface area contributed by atoms with E-state index in [1.807, 2.05) is 20.8 Å². The maximum Gasteiger partial charge on any atom is 0.337 e. The fourth-order valence-electron chi connectivity index (χ4n) is 1.17. The first kappa shape index (κ1) is 13.2. The molecule has 0 aliphatic carbocycles. The molecule has 0 unspecified atom stereocenters. The van der Waals surface area contributed by atoms with E-state index in [9.17, 15) is 9.59 Å². The van der Waals surface area contributed by atoms with Crippen molar-refractivity contribution in [3.8, 4) is 0 Å². The number of pyridine rings is 1. The number of rotatable bonds is 2. The van der Waals surface area contributed by atoms with Crippen molar-refractivity contribution in [2.45, 2.75) is 26.3 Å². The van der Waals surface area contributed by atoms with Gasteiger partial charge in [-0.1, -0.05) is 0 Å². The number of carbonyl (C=O) groups excluding carboxylic acids is 1. The van der Waals surface area contributed by atoms with E-state index in [4.69, 9.17) is 5.11 Å². The summed E-state index contributed by atoms with van der Waals surface area (Å²) < 4.78 is 0. The van der Waals surface area contributed by atoms with Gasteiger partial charge in [-0.05, 0) is 26.8 Å². The topological polar surface area (TPSA) is 70.5 Å². The third kappa shape index (κ3) is 3.03. The number of aromatic nitrogens is 1. The predicted octanol–water partition coefficient (Wildman–Crippen LogP) is 1.65. The molecule has 0 saturated heterocycles. The number of aromatic carboxylic acids is 1. The second-order valence-corrected chi connectivity index (χ2v) is 4.80. The second-order valence-electron chi connectivity index (χ2n) is 4.80. The first-order valence-electron chi connectivity index (χ1n) is 5.20. The van der Waals surface area contributed by atoms with E-state index < -0.39 is 5.97 Å². The van der Waals surface area contributed by atoms with Crippen LogP contribution in [0.5, 0.6) is 0 Å². The number of carbonyl (C=O) groups is 2. The van der Waals surface area contributed by atoms with Crippen LogP contribution in [0, 0.1) is 0 Å². The quantitative estimate of drug-likeness (QED) is 0.847. The zero-order valence-corrected chi connectivity index (χ0v) is 10.4. The van der Waals surface area contributed by atoms with Crippen LogP contribution in [0.25, 0.3) is 0 Å². The van der Waals surface area contributed by atoms with Crippen LogP contribution in [0.2, 0.25) is 0 Å². The predicted molar refractivity (Wildman–Crippen MR) is 63.0 cm³/mol. The van der Waals surface area contributed by atoms with Crippen molar-refractivity contribution in [2.75, 3.05) is 7.05 Å². The fourth-order valence-corrected chi connectivity index (χ4v) is 1.17. The Morgan fingerprint density at radius 2 is 1.76 bits per heavy atom. The number of amides is 1. The highest BCUT2D eigenvalue weighted by Crippen LogP contribution is 2.15. The SMILES string of the molecule is CN(C(=O)c1cncc(C(=O)O)c1)C(C)(C)C. The molecule has 1 heterocycles. The second kappa shape index (κ2) is 4.53. The molecule has 92 valence electrons. The van der Waals surface area contributed by atoms with E-state index in [0.29, 0.717) is 0 Å². The van der Waals surface area contributed by atoms with Crippen molar-refractivity contribution in [3.05, 3.63) is 29.6 Å². The minimum atomic E-state index is -1.09. The molecule has 0 atom stereocenters. The zero-order valence-electron chi connectivity index (χ0n) is 10.4. The summed E-state index contributed by atoms with van der Waals surface area (Å²) in [6.07, 6.45) is 2.59. The molecule has 5 heteroatoms. The maximum atomic E-state index is 12.1. The van der Waals surface area contributed by atoms with E-state index in [-0.39, 0.29) is 22.6 Å². The third-order valence-corrected chi connectivity index (χ3v) is 2.54. The fraction of sp³-hybridized carbons (Fsp3) is 0.417. The van der Waals surface area contributed by atoms with Gasteiger partial charge in [-0.3, -0.25) is 9.78 Å². The largest absolute Gasteiger partial charge is 0.478 e. The highest BCUT2D eigenvalue weighted by molar-refractivity contribution is 5.97. The Balaban J connectivity index is 3.05. The van der Waals surface area contributed by atoms with E-state index in [0.717, 1.165) is 0 Å². The number of hydrogen-bond acceptors (Lipinski definition) is 3. The Kier molecular flexibility index (Phi) is 3.50. The van der Waals surface area contributed by atoms with E-state index >= 15 is 0 Å². The van der Waals surface area contributed by atoms with Crippen molar-refractivity contribution in [3.63, 3.8) is 0 Å². The summed E-state index contributed by atoms with van der Waals surface area (Å²) in [5.74, 6) is -1.33. The third-order valence-electron chi connectivity index (χ3n) is 2.54. The molecule has 17 heavy (non-hydrogen) atoms. The molecule has 0 fully saturated rings. The molecule has 5 nitrogen and oxygen atoms in total. The molecule has 1 aromatic rings. The highest BCUT2D eigenvalue weighted by Gasteiger charge is 2.24. The number of nitrogens with zero attached hydrogens (tertiary/aromatic N) is 2. The van der Waals surface area contributed by atoms with Crippen LogP contribution >= 0.6 is 0 Å². The molecule has 0 aromatic carbocycles. The molecule has 0 spiro atoms. The molecule has 1 rings (SSSR count). The molecule has 0 aliphatic heterocycles. The van der Waals surface area contributed by atoms with Gasteiger partial charge in [-0.15, -0.1) is 0 Å². The van der Waals surface area contributed by atoms with Crippen molar-refractivity contribution >= 4 is 11.9 Å². The molecule has 1 amide bonds. The number of carboxylic acid groups (broad SMARTS) is 1.